The summed E-state index contributed by atoms with van der Waals surface area (Å²) in [6, 6.07) is 21.1. The number of carbonyl (C=O) groups is 1. The molecule has 0 saturated carbocycles. The summed E-state index contributed by atoms with van der Waals surface area (Å²) in [5, 5.41) is 4.79. The Morgan fingerprint density at radius 2 is 1.58 bits per heavy atom. The summed E-state index contributed by atoms with van der Waals surface area (Å²) < 4.78 is 19.3. The second-order valence-electron chi connectivity index (χ2n) is 9.69. The normalized spacial score (nSPS) is 11.3. The van der Waals surface area contributed by atoms with Crippen LogP contribution in [0.4, 0.5) is 0 Å². The fraction of sp³-hybridized carbons (Fsp3) is 0.267. The molecule has 36 heavy (non-hydrogen) atoms. The van der Waals surface area contributed by atoms with E-state index < -0.39 is 5.60 Å². The minimum atomic E-state index is -0.557. The molecule has 0 amide bonds. The van der Waals surface area contributed by atoms with Crippen molar-refractivity contribution < 1.29 is 19.0 Å². The predicted octanol–water partition coefficient (Wildman–Crippen LogP) is 7.30. The molecule has 6 nitrogen and oxygen atoms in total. The SMILES string of the molecule is CCOc1ccc(C)cc1-n1cc(-c2ccc(C)cc2)c(Oc2ccc(C(=O)OC(C)(C)C)cc2)n1. The van der Waals surface area contributed by atoms with E-state index in [1.165, 1.54) is 5.56 Å². The molecule has 0 saturated heterocycles. The number of hydrogen-bond donors (Lipinski definition) is 0. The number of nitrogens with zero attached hydrogens (tertiary/aromatic N) is 2. The lowest BCUT2D eigenvalue weighted by atomic mass is 10.1. The van der Waals surface area contributed by atoms with Crippen molar-refractivity contribution in [2.75, 3.05) is 6.61 Å². The Hall–Kier alpha value is -4.06. The van der Waals surface area contributed by atoms with Gasteiger partial charge in [-0.15, -0.1) is 5.10 Å². The quantitative estimate of drug-likeness (QED) is 0.258. The highest BCUT2D eigenvalue weighted by Crippen LogP contribution is 2.35. The van der Waals surface area contributed by atoms with Gasteiger partial charge in [0, 0.05) is 6.20 Å². The van der Waals surface area contributed by atoms with E-state index in [4.69, 9.17) is 19.3 Å². The lowest BCUT2D eigenvalue weighted by Crippen LogP contribution is -2.23. The van der Waals surface area contributed by atoms with Crippen molar-refractivity contribution >= 4 is 5.97 Å². The molecular weight excluding hydrogens is 452 g/mol. The average Bonchev–Trinajstić information content (AvgIpc) is 3.23. The van der Waals surface area contributed by atoms with Crippen LogP contribution in [0.25, 0.3) is 16.8 Å². The maximum atomic E-state index is 12.4. The van der Waals surface area contributed by atoms with E-state index in [9.17, 15) is 4.79 Å². The monoisotopic (exact) mass is 484 g/mol. The zero-order chi connectivity index (χ0) is 25.9. The number of aryl methyl sites for hydroxylation is 2. The molecule has 3 aromatic carbocycles. The Labute approximate surface area is 212 Å². The molecule has 0 unspecified atom stereocenters. The molecule has 0 radical (unpaired) electrons. The zero-order valence-electron chi connectivity index (χ0n) is 21.7. The van der Waals surface area contributed by atoms with Gasteiger partial charge in [-0.2, -0.15) is 0 Å². The summed E-state index contributed by atoms with van der Waals surface area (Å²) in [7, 11) is 0. The van der Waals surface area contributed by atoms with Crippen LogP contribution >= 0.6 is 0 Å². The van der Waals surface area contributed by atoms with Gasteiger partial charge in [-0.3, -0.25) is 0 Å². The first-order valence-corrected chi connectivity index (χ1v) is 12.0. The van der Waals surface area contributed by atoms with Crippen molar-refractivity contribution in [3.05, 3.63) is 89.6 Å². The zero-order valence-corrected chi connectivity index (χ0v) is 21.7. The fourth-order valence-corrected chi connectivity index (χ4v) is 3.68. The number of esters is 1. The topological polar surface area (TPSA) is 62.6 Å². The van der Waals surface area contributed by atoms with Crippen LogP contribution in [0.5, 0.6) is 17.4 Å². The second-order valence-corrected chi connectivity index (χ2v) is 9.69. The highest BCUT2D eigenvalue weighted by Gasteiger charge is 2.19. The predicted molar refractivity (Wildman–Crippen MR) is 141 cm³/mol. The average molecular weight is 485 g/mol. The van der Waals surface area contributed by atoms with E-state index in [0.29, 0.717) is 23.8 Å². The molecule has 4 rings (SSSR count). The Morgan fingerprint density at radius 1 is 0.917 bits per heavy atom. The fourth-order valence-electron chi connectivity index (χ4n) is 3.68. The maximum absolute atomic E-state index is 12.4. The first-order chi connectivity index (χ1) is 17.1. The van der Waals surface area contributed by atoms with E-state index in [2.05, 4.69) is 31.2 Å². The van der Waals surface area contributed by atoms with Gasteiger partial charge in [-0.25, -0.2) is 9.48 Å². The number of carbonyl (C=O) groups excluding carboxylic acids is 1. The third-order valence-electron chi connectivity index (χ3n) is 5.41. The Bertz CT molecular complexity index is 1350. The van der Waals surface area contributed by atoms with Gasteiger partial charge >= 0.3 is 5.97 Å². The molecular formula is C30H32N2O4. The molecule has 0 aliphatic rings. The lowest BCUT2D eigenvalue weighted by Gasteiger charge is -2.19. The summed E-state index contributed by atoms with van der Waals surface area (Å²) >= 11 is 0. The minimum absolute atomic E-state index is 0.374. The third-order valence-corrected chi connectivity index (χ3v) is 5.41. The minimum Gasteiger partial charge on any atom is -0.492 e. The summed E-state index contributed by atoms with van der Waals surface area (Å²) in [5.41, 5.74) is 4.83. The summed E-state index contributed by atoms with van der Waals surface area (Å²) in [6.45, 7) is 12.1. The van der Waals surface area contributed by atoms with Crippen molar-refractivity contribution in [3.8, 4) is 34.2 Å². The number of aromatic nitrogens is 2. The van der Waals surface area contributed by atoms with Gasteiger partial charge in [0.15, 0.2) is 0 Å². The maximum Gasteiger partial charge on any atom is 0.338 e. The van der Waals surface area contributed by atoms with Crippen LogP contribution in [0.1, 0.15) is 49.2 Å². The van der Waals surface area contributed by atoms with Gasteiger partial charge in [-0.05, 0) is 89.1 Å². The van der Waals surface area contributed by atoms with Crippen LogP contribution in [0, 0.1) is 13.8 Å². The van der Waals surface area contributed by atoms with Gasteiger partial charge in [-0.1, -0.05) is 35.9 Å². The molecule has 186 valence electrons. The lowest BCUT2D eigenvalue weighted by molar-refractivity contribution is 0.00695. The molecule has 1 heterocycles. The summed E-state index contributed by atoms with van der Waals surface area (Å²) in [6.07, 6.45) is 1.95. The van der Waals surface area contributed by atoms with Gasteiger partial charge in [0.2, 0.25) is 5.88 Å². The van der Waals surface area contributed by atoms with Crippen LogP contribution in [0.15, 0.2) is 72.9 Å². The molecule has 0 spiro atoms. The molecule has 0 aliphatic heterocycles. The second kappa shape index (κ2) is 10.3. The molecule has 4 aromatic rings. The van der Waals surface area contributed by atoms with Crippen molar-refractivity contribution in [2.24, 2.45) is 0 Å². The van der Waals surface area contributed by atoms with Crippen molar-refractivity contribution in [1.82, 2.24) is 9.78 Å². The Kier molecular flexibility index (Phi) is 7.15. The Balaban J connectivity index is 1.71. The number of hydrogen-bond acceptors (Lipinski definition) is 5. The Morgan fingerprint density at radius 3 is 2.22 bits per heavy atom. The van der Waals surface area contributed by atoms with Crippen LogP contribution < -0.4 is 9.47 Å². The molecule has 0 fully saturated rings. The van der Waals surface area contributed by atoms with Crippen LogP contribution in [0.2, 0.25) is 0 Å². The van der Waals surface area contributed by atoms with Crippen molar-refractivity contribution in [3.63, 3.8) is 0 Å². The first-order valence-electron chi connectivity index (χ1n) is 12.0. The highest BCUT2D eigenvalue weighted by molar-refractivity contribution is 5.89. The largest absolute Gasteiger partial charge is 0.492 e. The molecule has 6 heteroatoms. The summed E-state index contributed by atoms with van der Waals surface area (Å²) in [5.74, 6) is 1.39. The van der Waals surface area contributed by atoms with Gasteiger partial charge < -0.3 is 14.2 Å². The highest BCUT2D eigenvalue weighted by atomic mass is 16.6. The standard InChI is InChI=1S/C30H32N2O4/c1-7-34-27-17-10-21(3)18-26(27)32-19-25(22-11-8-20(2)9-12-22)28(31-32)35-24-15-13-23(14-16-24)29(33)36-30(4,5)6/h8-19H,7H2,1-6H3. The van der Waals surface area contributed by atoms with E-state index in [0.717, 1.165) is 28.1 Å². The van der Waals surface area contributed by atoms with Crippen molar-refractivity contribution in [1.29, 1.82) is 0 Å². The molecule has 0 aliphatic carbocycles. The van der Waals surface area contributed by atoms with E-state index in [1.54, 1.807) is 28.9 Å². The molecule has 0 N–H and O–H groups in total. The van der Waals surface area contributed by atoms with Crippen LogP contribution in [0.3, 0.4) is 0 Å². The van der Waals surface area contributed by atoms with E-state index in [-0.39, 0.29) is 5.97 Å². The van der Waals surface area contributed by atoms with E-state index in [1.807, 2.05) is 59.0 Å². The van der Waals surface area contributed by atoms with E-state index >= 15 is 0 Å². The van der Waals surface area contributed by atoms with Crippen LogP contribution in [-0.4, -0.2) is 28.0 Å². The van der Waals surface area contributed by atoms with Crippen molar-refractivity contribution in [2.45, 2.75) is 47.1 Å². The first kappa shape index (κ1) is 25.0. The molecule has 1 aromatic heterocycles. The summed E-state index contributed by atoms with van der Waals surface area (Å²) in [4.78, 5) is 12.4. The van der Waals surface area contributed by atoms with Gasteiger partial charge in [0.25, 0.3) is 0 Å². The van der Waals surface area contributed by atoms with Gasteiger partial charge in [0.05, 0.1) is 17.7 Å². The number of rotatable bonds is 7. The number of benzene rings is 3. The number of ether oxygens (including phenoxy) is 3. The third kappa shape index (κ3) is 5.95. The molecule has 0 bridgehead atoms. The molecule has 0 atom stereocenters. The smallest absolute Gasteiger partial charge is 0.338 e. The van der Waals surface area contributed by atoms with Crippen LogP contribution in [-0.2, 0) is 4.74 Å². The van der Waals surface area contributed by atoms with Gasteiger partial charge in [0.1, 0.15) is 22.8 Å².